The number of anilines is 1. The summed E-state index contributed by atoms with van der Waals surface area (Å²) in [6.45, 7) is 0.943. The van der Waals surface area contributed by atoms with Crippen molar-refractivity contribution in [3.05, 3.63) is 94.9 Å². The predicted molar refractivity (Wildman–Crippen MR) is 154 cm³/mol. The van der Waals surface area contributed by atoms with Gasteiger partial charge in [-0.25, -0.2) is 9.18 Å². The molecule has 0 aliphatic carbocycles. The Morgan fingerprint density at radius 1 is 0.975 bits per heavy atom. The van der Waals surface area contributed by atoms with Crippen molar-refractivity contribution in [3.63, 3.8) is 0 Å². The van der Waals surface area contributed by atoms with E-state index in [1.54, 1.807) is 12.0 Å². The molecule has 0 bridgehead atoms. The number of para-hydroxylation sites is 2. The lowest BCUT2D eigenvalue weighted by Gasteiger charge is -2.28. The molecule has 3 amide bonds. The molecule has 0 spiro atoms. The van der Waals surface area contributed by atoms with Gasteiger partial charge in [0.1, 0.15) is 18.1 Å². The molecule has 0 unspecified atom stereocenters. The van der Waals surface area contributed by atoms with E-state index in [1.165, 1.54) is 30.2 Å². The number of fused-ring (bicyclic) bond motifs is 1. The molecule has 0 fully saturated rings. The summed E-state index contributed by atoms with van der Waals surface area (Å²) in [5.41, 5.74) is 3.29. The first-order chi connectivity index (χ1) is 19.4. The number of rotatable bonds is 12. The zero-order valence-electron chi connectivity index (χ0n) is 22.5. The molecular weight excluding hydrogens is 535 g/mol. The van der Waals surface area contributed by atoms with Gasteiger partial charge in [-0.1, -0.05) is 48.0 Å². The number of hydrogen-bond acceptors (Lipinski definition) is 4. The van der Waals surface area contributed by atoms with E-state index in [4.69, 9.17) is 21.1 Å². The van der Waals surface area contributed by atoms with E-state index in [9.17, 15) is 14.0 Å². The third-order valence-electron chi connectivity index (χ3n) is 6.58. The second-order valence-corrected chi connectivity index (χ2v) is 9.62. The third kappa shape index (κ3) is 7.31. The SMILES string of the molecule is COCCN(CC(=O)N(CCc1c[nH]c2ccccc12)Cc1ccccc1OC)C(=O)Nc1ccc(F)c(Cl)c1. The van der Waals surface area contributed by atoms with Gasteiger partial charge < -0.3 is 29.6 Å². The van der Waals surface area contributed by atoms with Gasteiger partial charge >= 0.3 is 6.03 Å². The van der Waals surface area contributed by atoms with Crippen LogP contribution in [0.3, 0.4) is 0 Å². The molecule has 2 N–H and O–H groups in total. The molecule has 0 saturated carbocycles. The average molecular weight is 567 g/mol. The van der Waals surface area contributed by atoms with Crippen LogP contribution in [0.15, 0.2) is 72.9 Å². The number of carbonyl (C=O) groups excluding carboxylic acids is 2. The quantitative estimate of drug-likeness (QED) is 0.230. The van der Waals surface area contributed by atoms with Crippen molar-refractivity contribution in [1.29, 1.82) is 0 Å². The highest BCUT2D eigenvalue weighted by Crippen LogP contribution is 2.23. The maximum absolute atomic E-state index is 13.7. The molecule has 0 atom stereocenters. The van der Waals surface area contributed by atoms with Gasteiger partial charge in [-0.05, 0) is 42.3 Å². The van der Waals surface area contributed by atoms with Gasteiger partial charge in [-0.2, -0.15) is 0 Å². The minimum Gasteiger partial charge on any atom is -0.496 e. The number of hydrogen-bond donors (Lipinski definition) is 2. The standard InChI is InChI=1S/C30H32ClFN4O4/c1-39-16-15-36(30(38)34-23-11-12-26(32)25(31)17-23)20-29(37)35(19-22-7-3-6-10-28(22)40-2)14-13-21-18-33-27-9-5-4-8-24(21)27/h3-12,17-18,33H,13-16,19-20H2,1-2H3,(H,34,38). The van der Waals surface area contributed by atoms with Crippen molar-refractivity contribution < 1.29 is 23.5 Å². The van der Waals surface area contributed by atoms with E-state index in [2.05, 4.69) is 10.3 Å². The Kier molecular flexibility index (Phi) is 9.99. The summed E-state index contributed by atoms with van der Waals surface area (Å²) < 4.78 is 24.3. The average Bonchev–Trinajstić information content (AvgIpc) is 3.38. The first-order valence-corrected chi connectivity index (χ1v) is 13.2. The molecule has 3 aromatic carbocycles. The maximum atomic E-state index is 13.7. The molecule has 0 aliphatic rings. The Morgan fingerprint density at radius 2 is 1.75 bits per heavy atom. The van der Waals surface area contributed by atoms with Crippen LogP contribution in [0.5, 0.6) is 5.75 Å². The van der Waals surface area contributed by atoms with E-state index in [0.29, 0.717) is 30.9 Å². The molecule has 10 heteroatoms. The lowest BCUT2D eigenvalue weighted by atomic mass is 10.1. The van der Waals surface area contributed by atoms with Crippen molar-refractivity contribution >= 4 is 40.1 Å². The third-order valence-corrected chi connectivity index (χ3v) is 6.87. The summed E-state index contributed by atoms with van der Waals surface area (Å²) in [5.74, 6) is -0.156. The summed E-state index contributed by atoms with van der Waals surface area (Å²) in [5, 5.41) is 3.68. The fraction of sp³-hybridized carbons (Fsp3) is 0.267. The molecule has 40 heavy (non-hydrogen) atoms. The summed E-state index contributed by atoms with van der Waals surface area (Å²) in [7, 11) is 3.11. The van der Waals surface area contributed by atoms with E-state index >= 15 is 0 Å². The number of nitrogens with one attached hydrogen (secondary N) is 2. The monoisotopic (exact) mass is 566 g/mol. The Balaban J connectivity index is 1.54. The van der Waals surface area contributed by atoms with Crippen molar-refractivity contribution in [3.8, 4) is 5.75 Å². The number of carbonyl (C=O) groups is 2. The summed E-state index contributed by atoms with van der Waals surface area (Å²) >= 11 is 5.87. The number of aromatic nitrogens is 1. The number of halogens is 2. The lowest BCUT2D eigenvalue weighted by molar-refractivity contribution is -0.132. The van der Waals surface area contributed by atoms with E-state index in [1.807, 2.05) is 54.7 Å². The summed E-state index contributed by atoms with van der Waals surface area (Å²) in [6.07, 6.45) is 2.58. The maximum Gasteiger partial charge on any atom is 0.322 e. The molecule has 210 valence electrons. The molecule has 1 heterocycles. The number of methoxy groups -OCH3 is 2. The van der Waals surface area contributed by atoms with Crippen molar-refractivity contribution in [2.75, 3.05) is 45.8 Å². The molecule has 0 aliphatic heterocycles. The molecular formula is C30H32ClFN4O4. The van der Waals surface area contributed by atoms with Gasteiger partial charge in [0.2, 0.25) is 5.91 Å². The van der Waals surface area contributed by atoms with Crippen LogP contribution in [0.2, 0.25) is 5.02 Å². The van der Waals surface area contributed by atoms with E-state index < -0.39 is 11.8 Å². The van der Waals surface area contributed by atoms with Crippen LogP contribution < -0.4 is 10.1 Å². The van der Waals surface area contributed by atoms with Gasteiger partial charge in [0.15, 0.2) is 0 Å². The van der Waals surface area contributed by atoms with Crippen LogP contribution in [-0.2, 0) is 22.5 Å². The molecule has 4 rings (SSSR count). The number of nitrogens with zero attached hydrogens (tertiary/aromatic N) is 2. The van der Waals surface area contributed by atoms with Crippen molar-refractivity contribution in [1.82, 2.24) is 14.8 Å². The van der Waals surface area contributed by atoms with Gasteiger partial charge in [0.05, 0.1) is 18.7 Å². The second-order valence-electron chi connectivity index (χ2n) is 9.21. The fourth-order valence-corrected chi connectivity index (χ4v) is 4.60. The Hall–Kier alpha value is -4.08. The normalized spacial score (nSPS) is 10.9. The fourth-order valence-electron chi connectivity index (χ4n) is 4.42. The summed E-state index contributed by atoms with van der Waals surface area (Å²) in [6, 6.07) is 18.9. The molecule has 0 radical (unpaired) electrons. The number of amides is 3. The molecule has 8 nitrogen and oxygen atoms in total. The first kappa shape index (κ1) is 28.9. The van der Waals surface area contributed by atoms with Crippen molar-refractivity contribution in [2.24, 2.45) is 0 Å². The van der Waals surface area contributed by atoms with Gasteiger partial charge in [-0.3, -0.25) is 4.79 Å². The first-order valence-electron chi connectivity index (χ1n) is 12.8. The molecule has 0 saturated heterocycles. The lowest BCUT2D eigenvalue weighted by Crippen LogP contribution is -2.46. The Bertz CT molecular complexity index is 1460. The predicted octanol–water partition coefficient (Wildman–Crippen LogP) is 5.72. The van der Waals surface area contributed by atoms with Gasteiger partial charge in [0, 0.05) is 55.1 Å². The Labute approximate surface area is 237 Å². The topological polar surface area (TPSA) is 86.9 Å². The molecule has 4 aromatic rings. The Morgan fingerprint density at radius 3 is 2.52 bits per heavy atom. The minimum absolute atomic E-state index is 0.113. The highest BCUT2D eigenvalue weighted by Gasteiger charge is 2.23. The number of aromatic amines is 1. The van der Waals surface area contributed by atoms with Gasteiger partial charge in [0.25, 0.3) is 0 Å². The van der Waals surface area contributed by atoms with Gasteiger partial charge in [-0.15, -0.1) is 0 Å². The van der Waals surface area contributed by atoms with Crippen LogP contribution in [0, 0.1) is 5.82 Å². The minimum atomic E-state index is -0.590. The van der Waals surface area contributed by atoms with Crippen LogP contribution in [0.4, 0.5) is 14.9 Å². The van der Waals surface area contributed by atoms with Crippen molar-refractivity contribution in [2.45, 2.75) is 13.0 Å². The smallest absolute Gasteiger partial charge is 0.322 e. The largest absolute Gasteiger partial charge is 0.496 e. The van der Waals surface area contributed by atoms with Crippen LogP contribution >= 0.6 is 11.6 Å². The molecule has 1 aromatic heterocycles. The second kappa shape index (κ2) is 13.8. The van der Waals surface area contributed by atoms with E-state index in [0.717, 1.165) is 22.0 Å². The summed E-state index contributed by atoms with van der Waals surface area (Å²) in [4.78, 5) is 33.3. The van der Waals surface area contributed by atoms with Crippen LogP contribution in [0.1, 0.15) is 11.1 Å². The number of ether oxygens (including phenoxy) is 2. The zero-order valence-corrected chi connectivity index (χ0v) is 23.2. The van der Waals surface area contributed by atoms with Crippen LogP contribution in [0.25, 0.3) is 10.9 Å². The van der Waals surface area contributed by atoms with E-state index in [-0.39, 0.29) is 30.6 Å². The number of H-pyrrole nitrogens is 1. The number of benzene rings is 3. The highest BCUT2D eigenvalue weighted by molar-refractivity contribution is 6.31. The number of urea groups is 1. The zero-order chi connectivity index (χ0) is 28.5. The highest BCUT2D eigenvalue weighted by atomic mass is 35.5. The van der Waals surface area contributed by atoms with Crippen LogP contribution in [-0.4, -0.2) is 67.2 Å².